The number of aromatic nitrogens is 1. The molecule has 0 saturated heterocycles. The van der Waals surface area contributed by atoms with Crippen LogP contribution in [0.2, 0.25) is 0 Å². The lowest BCUT2D eigenvalue weighted by atomic mass is 9.86. The summed E-state index contributed by atoms with van der Waals surface area (Å²) in [6.45, 7) is 0.250. The zero-order valence-corrected chi connectivity index (χ0v) is 18.6. The first-order valence-electron chi connectivity index (χ1n) is 11.2. The predicted octanol–water partition coefficient (Wildman–Crippen LogP) is 6.48. The Labute approximate surface area is 193 Å². The highest BCUT2D eigenvalue weighted by Crippen LogP contribution is 2.36. The monoisotopic (exact) mass is 435 g/mol. The third kappa shape index (κ3) is 4.37. The van der Waals surface area contributed by atoms with Crippen molar-refractivity contribution in [2.75, 3.05) is 7.11 Å². The molecule has 0 spiro atoms. The largest absolute Gasteiger partial charge is 0.497 e. The van der Waals surface area contributed by atoms with Gasteiger partial charge in [0.25, 0.3) is 0 Å². The summed E-state index contributed by atoms with van der Waals surface area (Å²) < 4.78 is 11.0. The molecule has 1 aromatic heterocycles. The van der Waals surface area contributed by atoms with Gasteiger partial charge in [0.05, 0.1) is 23.9 Å². The Morgan fingerprint density at radius 1 is 0.939 bits per heavy atom. The first kappa shape index (κ1) is 21.0. The van der Waals surface area contributed by atoms with E-state index in [0.717, 1.165) is 63.9 Å². The maximum Gasteiger partial charge on any atom is 0.339 e. The third-order valence-electron chi connectivity index (χ3n) is 6.04. The number of pyridine rings is 1. The molecule has 3 aromatic carbocycles. The number of fused-ring (bicyclic) bond motifs is 2. The van der Waals surface area contributed by atoms with Gasteiger partial charge in [-0.05, 0) is 65.8 Å². The van der Waals surface area contributed by atoms with Gasteiger partial charge in [0.2, 0.25) is 0 Å². The molecule has 1 heterocycles. The number of esters is 1. The molecule has 0 unspecified atom stereocenters. The van der Waals surface area contributed by atoms with Crippen LogP contribution < -0.4 is 4.74 Å². The quantitative estimate of drug-likeness (QED) is 0.337. The number of benzene rings is 3. The van der Waals surface area contributed by atoms with E-state index in [1.165, 1.54) is 0 Å². The van der Waals surface area contributed by atoms with Gasteiger partial charge in [-0.2, -0.15) is 0 Å². The van der Waals surface area contributed by atoms with Crippen molar-refractivity contribution in [3.63, 3.8) is 0 Å². The molecular formula is C29H25NO3. The number of methoxy groups -OCH3 is 1. The zero-order chi connectivity index (χ0) is 22.6. The number of allylic oxidation sites excluding steroid dienone is 1. The second-order valence-corrected chi connectivity index (χ2v) is 8.19. The Balaban J connectivity index is 1.56. The molecule has 164 valence electrons. The Bertz CT molecular complexity index is 1320. The van der Waals surface area contributed by atoms with Crippen LogP contribution in [-0.2, 0) is 17.8 Å². The summed E-state index contributed by atoms with van der Waals surface area (Å²) in [5.74, 6) is 0.535. The van der Waals surface area contributed by atoms with Crippen molar-refractivity contribution in [3.05, 3.63) is 107 Å². The van der Waals surface area contributed by atoms with Crippen LogP contribution in [-0.4, -0.2) is 18.1 Å². The summed E-state index contributed by atoms with van der Waals surface area (Å²) >= 11 is 0. The Kier molecular flexibility index (Phi) is 5.90. The molecular weight excluding hydrogens is 410 g/mol. The number of rotatable bonds is 5. The van der Waals surface area contributed by atoms with Crippen LogP contribution in [0, 0.1) is 0 Å². The van der Waals surface area contributed by atoms with Gasteiger partial charge in [-0.15, -0.1) is 0 Å². The molecule has 0 aliphatic heterocycles. The fourth-order valence-corrected chi connectivity index (χ4v) is 4.40. The van der Waals surface area contributed by atoms with Crippen molar-refractivity contribution in [1.29, 1.82) is 0 Å². The van der Waals surface area contributed by atoms with Crippen molar-refractivity contribution in [2.45, 2.75) is 25.9 Å². The highest BCUT2D eigenvalue weighted by molar-refractivity contribution is 6.06. The van der Waals surface area contributed by atoms with Crippen molar-refractivity contribution >= 4 is 28.5 Å². The minimum Gasteiger partial charge on any atom is -0.497 e. The smallest absolute Gasteiger partial charge is 0.339 e. The first-order chi connectivity index (χ1) is 16.2. The average molecular weight is 436 g/mol. The minimum absolute atomic E-state index is 0.250. The second kappa shape index (κ2) is 9.29. The van der Waals surface area contributed by atoms with Crippen LogP contribution >= 0.6 is 0 Å². The number of carbonyl (C=O) groups excluding carboxylic acids is 1. The molecule has 0 saturated carbocycles. The molecule has 4 aromatic rings. The number of carbonyl (C=O) groups is 1. The first-order valence-corrected chi connectivity index (χ1v) is 11.2. The van der Waals surface area contributed by atoms with E-state index in [0.29, 0.717) is 5.56 Å². The summed E-state index contributed by atoms with van der Waals surface area (Å²) in [4.78, 5) is 18.3. The van der Waals surface area contributed by atoms with Crippen molar-refractivity contribution in [2.24, 2.45) is 0 Å². The molecule has 0 radical (unpaired) electrons. The molecule has 1 aliphatic rings. The Morgan fingerprint density at radius 3 is 2.48 bits per heavy atom. The number of hydrogen-bond acceptors (Lipinski definition) is 4. The molecule has 4 nitrogen and oxygen atoms in total. The van der Waals surface area contributed by atoms with E-state index in [4.69, 9.17) is 14.5 Å². The van der Waals surface area contributed by atoms with E-state index in [2.05, 4.69) is 6.08 Å². The van der Waals surface area contributed by atoms with Gasteiger partial charge in [-0.3, -0.25) is 0 Å². The molecule has 1 aliphatic carbocycles. The molecule has 0 N–H and O–H groups in total. The van der Waals surface area contributed by atoms with Gasteiger partial charge >= 0.3 is 5.97 Å². The Morgan fingerprint density at radius 2 is 1.70 bits per heavy atom. The second-order valence-electron chi connectivity index (χ2n) is 8.19. The number of para-hydroxylation sites is 1. The van der Waals surface area contributed by atoms with Crippen LogP contribution in [0.5, 0.6) is 5.75 Å². The van der Waals surface area contributed by atoms with Crippen LogP contribution in [0.1, 0.15) is 45.6 Å². The molecule has 0 atom stereocenters. The van der Waals surface area contributed by atoms with Crippen LogP contribution in [0.25, 0.3) is 22.6 Å². The van der Waals surface area contributed by atoms with E-state index in [1.807, 2.05) is 78.9 Å². The summed E-state index contributed by atoms with van der Waals surface area (Å²) in [6, 6.07) is 25.6. The fraction of sp³-hybridized carbons (Fsp3) is 0.172. The molecule has 33 heavy (non-hydrogen) atoms. The van der Waals surface area contributed by atoms with Crippen LogP contribution in [0.3, 0.4) is 0 Å². The highest BCUT2D eigenvalue weighted by atomic mass is 16.5. The zero-order valence-electron chi connectivity index (χ0n) is 18.6. The van der Waals surface area contributed by atoms with Crippen LogP contribution in [0.15, 0.2) is 78.9 Å². The van der Waals surface area contributed by atoms with E-state index < -0.39 is 0 Å². The predicted molar refractivity (Wildman–Crippen MR) is 131 cm³/mol. The Hall–Kier alpha value is -3.92. The lowest BCUT2D eigenvalue weighted by Gasteiger charge is -2.22. The lowest BCUT2D eigenvalue weighted by molar-refractivity contribution is 0.0473. The topological polar surface area (TPSA) is 48.4 Å². The van der Waals surface area contributed by atoms with Crippen molar-refractivity contribution in [1.82, 2.24) is 4.98 Å². The molecule has 4 heteroatoms. The van der Waals surface area contributed by atoms with Gasteiger partial charge in [0, 0.05) is 5.39 Å². The van der Waals surface area contributed by atoms with Gasteiger partial charge in [0.1, 0.15) is 12.4 Å². The number of ether oxygens (including phenoxy) is 2. The average Bonchev–Trinajstić information content (AvgIpc) is 2.87. The lowest BCUT2D eigenvalue weighted by Crippen LogP contribution is -2.15. The molecule has 0 amide bonds. The van der Waals surface area contributed by atoms with E-state index in [1.54, 1.807) is 7.11 Å². The summed E-state index contributed by atoms with van der Waals surface area (Å²) in [7, 11) is 1.66. The third-order valence-corrected chi connectivity index (χ3v) is 6.04. The summed E-state index contributed by atoms with van der Waals surface area (Å²) in [5.41, 5.74) is 6.54. The maximum atomic E-state index is 13.4. The van der Waals surface area contributed by atoms with Crippen LogP contribution in [0.4, 0.5) is 0 Å². The van der Waals surface area contributed by atoms with Crippen molar-refractivity contribution in [3.8, 4) is 5.75 Å². The molecule has 0 bridgehead atoms. The summed E-state index contributed by atoms with van der Waals surface area (Å²) in [6.07, 6.45) is 4.86. The van der Waals surface area contributed by atoms with Gasteiger partial charge in [-0.1, -0.05) is 60.7 Å². The van der Waals surface area contributed by atoms with Gasteiger partial charge in [-0.25, -0.2) is 9.78 Å². The van der Waals surface area contributed by atoms with E-state index >= 15 is 0 Å². The molecule has 0 fully saturated rings. The van der Waals surface area contributed by atoms with Gasteiger partial charge < -0.3 is 9.47 Å². The standard InChI is InChI=1S/C29H25NO3/c1-32-23-16-14-20(15-17-23)18-22-10-7-12-25-27(24-11-5-6-13-26(24)30-28(22)25)29(31)33-19-21-8-3-2-4-9-21/h2-6,8-9,11,13-18H,7,10,12,19H2,1H3/b22-18+. The normalized spacial score (nSPS) is 14.2. The number of hydrogen-bond donors (Lipinski definition) is 0. The van der Waals surface area contributed by atoms with Crippen molar-refractivity contribution < 1.29 is 14.3 Å². The van der Waals surface area contributed by atoms with E-state index in [9.17, 15) is 4.79 Å². The number of nitrogens with zero attached hydrogens (tertiary/aromatic N) is 1. The SMILES string of the molecule is COc1ccc(/C=C2\CCCc3c2nc2ccccc2c3C(=O)OCc2ccccc2)cc1. The fourth-order valence-electron chi connectivity index (χ4n) is 4.40. The van der Waals surface area contributed by atoms with Gasteiger partial charge in [0.15, 0.2) is 0 Å². The van der Waals surface area contributed by atoms with E-state index in [-0.39, 0.29) is 12.6 Å². The summed E-state index contributed by atoms with van der Waals surface area (Å²) in [5, 5.41) is 0.847. The minimum atomic E-state index is -0.292. The molecule has 5 rings (SSSR count). The maximum absolute atomic E-state index is 13.4. The highest BCUT2D eigenvalue weighted by Gasteiger charge is 2.26.